The monoisotopic (exact) mass is 275 g/mol. The molecule has 5 heteroatoms. The van der Waals surface area contributed by atoms with Gasteiger partial charge in [-0.3, -0.25) is 4.79 Å². The molecule has 0 fully saturated rings. The van der Waals surface area contributed by atoms with Crippen LogP contribution in [0.2, 0.25) is 10.2 Å². The first-order chi connectivity index (χ1) is 7.95. The van der Waals surface area contributed by atoms with Crippen LogP contribution in [0.3, 0.4) is 0 Å². The average Bonchev–Trinajstić information content (AvgIpc) is 2.28. The number of hydrogen-bond donors (Lipinski definition) is 1. The molecule has 0 saturated heterocycles. The van der Waals surface area contributed by atoms with E-state index in [0.29, 0.717) is 29.4 Å². The Balaban J connectivity index is 3.05. The summed E-state index contributed by atoms with van der Waals surface area (Å²) in [5.74, 6) is -0.798. The molecule has 0 aromatic carbocycles. The normalized spacial score (nSPS) is 11.5. The fourth-order valence-electron chi connectivity index (χ4n) is 1.81. The van der Waals surface area contributed by atoms with Gasteiger partial charge in [0.1, 0.15) is 5.15 Å². The summed E-state index contributed by atoms with van der Waals surface area (Å²) in [6, 6.07) is 1.54. The first-order valence-corrected chi connectivity index (χ1v) is 6.24. The first-order valence-electron chi connectivity index (χ1n) is 5.48. The molecular weight excluding hydrogens is 261 g/mol. The maximum atomic E-state index is 11.4. The van der Waals surface area contributed by atoms with Crippen molar-refractivity contribution in [1.82, 2.24) is 4.98 Å². The van der Waals surface area contributed by atoms with Crippen molar-refractivity contribution in [3.8, 4) is 0 Å². The first kappa shape index (κ1) is 14.3. The summed E-state index contributed by atoms with van der Waals surface area (Å²) >= 11 is 11.7. The van der Waals surface area contributed by atoms with Crippen LogP contribution in [0, 0.1) is 5.41 Å². The van der Waals surface area contributed by atoms with E-state index in [-0.39, 0.29) is 0 Å². The Morgan fingerprint density at radius 3 is 2.41 bits per heavy atom. The predicted molar refractivity (Wildman–Crippen MR) is 68.6 cm³/mol. The highest BCUT2D eigenvalue weighted by Crippen LogP contribution is 2.33. The molecule has 0 saturated carbocycles. The fourth-order valence-corrected chi connectivity index (χ4v) is 2.24. The van der Waals surface area contributed by atoms with Gasteiger partial charge in [-0.25, -0.2) is 4.98 Å². The van der Waals surface area contributed by atoms with E-state index in [4.69, 9.17) is 23.2 Å². The lowest BCUT2D eigenvalue weighted by Gasteiger charge is -2.26. The van der Waals surface area contributed by atoms with Crippen molar-refractivity contribution < 1.29 is 9.90 Å². The number of nitrogens with zero attached hydrogens (tertiary/aromatic N) is 1. The number of rotatable bonds is 5. The second-order valence-corrected chi connectivity index (χ2v) is 4.86. The van der Waals surface area contributed by atoms with Crippen molar-refractivity contribution in [2.24, 2.45) is 5.41 Å². The van der Waals surface area contributed by atoms with E-state index < -0.39 is 11.4 Å². The van der Waals surface area contributed by atoms with E-state index in [2.05, 4.69) is 4.98 Å². The Bertz CT molecular complexity index is 417. The van der Waals surface area contributed by atoms with Gasteiger partial charge in [0.05, 0.1) is 5.41 Å². The Hall–Kier alpha value is -0.800. The van der Waals surface area contributed by atoms with Crippen LogP contribution in [0.1, 0.15) is 32.3 Å². The highest BCUT2D eigenvalue weighted by Gasteiger charge is 2.35. The zero-order chi connectivity index (χ0) is 13.1. The summed E-state index contributed by atoms with van der Waals surface area (Å²) in [7, 11) is 0. The third-order valence-corrected chi connectivity index (χ3v) is 3.79. The number of carboxylic acids is 1. The van der Waals surface area contributed by atoms with E-state index in [9.17, 15) is 9.90 Å². The molecule has 1 aromatic rings. The average molecular weight is 276 g/mol. The molecule has 1 rings (SSSR count). The van der Waals surface area contributed by atoms with Crippen LogP contribution in [-0.4, -0.2) is 16.1 Å². The molecule has 0 aliphatic rings. The van der Waals surface area contributed by atoms with E-state index in [1.165, 1.54) is 6.07 Å². The van der Waals surface area contributed by atoms with E-state index in [1.54, 1.807) is 6.20 Å². The van der Waals surface area contributed by atoms with Gasteiger partial charge in [0.2, 0.25) is 0 Å². The number of aromatic nitrogens is 1. The highest BCUT2D eigenvalue weighted by atomic mass is 35.5. The van der Waals surface area contributed by atoms with Crippen LogP contribution in [0.5, 0.6) is 0 Å². The lowest BCUT2D eigenvalue weighted by atomic mass is 9.77. The largest absolute Gasteiger partial charge is 0.481 e. The fraction of sp³-hybridized carbons (Fsp3) is 0.500. The van der Waals surface area contributed by atoms with Crippen LogP contribution in [0.4, 0.5) is 0 Å². The van der Waals surface area contributed by atoms with Crippen molar-refractivity contribution in [3.05, 3.63) is 28.0 Å². The topological polar surface area (TPSA) is 50.2 Å². The molecule has 94 valence electrons. The minimum atomic E-state index is -0.798. The summed E-state index contributed by atoms with van der Waals surface area (Å²) in [6.45, 7) is 3.74. The van der Waals surface area contributed by atoms with Crippen LogP contribution < -0.4 is 0 Å². The molecule has 17 heavy (non-hydrogen) atoms. The summed E-state index contributed by atoms with van der Waals surface area (Å²) in [5.41, 5.74) is -0.0544. The van der Waals surface area contributed by atoms with E-state index in [0.717, 1.165) is 5.56 Å². The second kappa shape index (κ2) is 5.69. The number of halogens is 2. The molecule has 0 amide bonds. The quantitative estimate of drug-likeness (QED) is 0.831. The summed E-state index contributed by atoms with van der Waals surface area (Å²) in [6.07, 6.45) is 3.03. The molecule has 0 bridgehead atoms. The van der Waals surface area contributed by atoms with Crippen molar-refractivity contribution >= 4 is 29.2 Å². The van der Waals surface area contributed by atoms with Crippen molar-refractivity contribution in [2.75, 3.05) is 0 Å². The van der Waals surface area contributed by atoms with Gasteiger partial charge < -0.3 is 5.11 Å². The van der Waals surface area contributed by atoms with Gasteiger partial charge in [0, 0.05) is 11.2 Å². The minimum Gasteiger partial charge on any atom is -0.481 e. The van der Waals surface area contributed by atoms with Crippen molar-refractivity contribution in [2.45, 2.75) is 33.1 Å². The summed E-state index contributed by atoms with van der Waals surface area (Å²) in [5, 5.41) is 10.1. The van der Waals surface area contributed by atoms with Crippen LogP contribution in [-0.2, 0) is 11.2 Å². The molecule has 1 heterocycles. The Morgan fingerprint density at radius 2 is 2.00 bits per heavy atom. The van der Waals surface area contributed by atoms with Gasteiger partial charge >= 0.3 is 5.97 Å². The van der Waals surface area contributed by atoms with Gasteiger partial charge in [-0.15, -0.1) is 0 Å². The Morgan fingerprint density at radius 1 is 1.41 bits per heavy atom. The van der Waals surface area contributed by atoms with Gasteiger partial charge in [0.15, 0.2) is 0 Å². The standard InChI is InChI=1S/C12H15Cl2NO2/c1-3-12(4-2,11(16)17)6-8-7-15-10(14)5-9(8)13/h5,7H,3-4,6H2,1-2H3,(H,16,17). The molecule has 3 nitrogen and oxygen atoms in total. The third kappa shape index (κ3) is 3.11. The maximum absolute atomic E-state index is 11.4. The maximum Gasteiger partial charge on any atom is 0.309 e. The number of hydrogen-bond acceptors (Lipinski definition) is 2. The van der Waals surface area contributed by atoms with E-state index in [1.807, 2.05) is 13.8 Å². The van der Waals surface area contributed by atoms with Crippen molar-refractivity contribution in [3.63, 3.8) is 0 Å². The number of aliphatic carboxylic acids is 1. The van der Waals surface area contributed by atoms with Crippen molar-refractivity contribution in [1.29, 1.82) is 0 Å². The Kier molecular flexibility index (Phi) is 4.78. The molecule has 1 N–H and O–H groups in total. The number of carboxylic acid groups (broad SMARTS) is 1. The molecule has 0 aliphatic heterocycles. The zero-order valence-electron chi connectivity index (χ0n) is 9.83. The second-order valence-electron chi connectivity index (χ2n) is 4.07. The smallest absolute Gasteiger partial charge is 0.309 e. The Labute approximate surface area is 111 Å². The van der Waals surface area contributed by atoms with Crippen LogP contribution in [0.25, 0.3) is 0 Å². The van der Waals surface area contributed by atoms with E-state index >= 15 is 0 Å². The molecule has 0 aliphatic carbocycles. The summed E-state index contributed by atoms with van der Waals surface area (Å²) in [4.78, 5) is 15.3. The molecular formula is C12H15Cl2NO2. The lowest BCUT2D eigenvalue weighted by molar-refractivity contribution is -0.149. The van der Waals surface area contributed by atoms with Gasteiger partial charge in [-0.1, -0.05) is 37.0 Å². The molecule has 0 spiro atoms. The third-order valence-electron chi connectivity index (χ3n) is 3.23. The van der Waals surface area contributed by atoms with Gasteiger partial charge in [-0.2, -0.15) is 0 Å². The number of carbonyl (C=O) groups is 1. The molecule has 0 radical (unpaired) electrons. The van der Waals surface area contributed by atoms with Crippen LogP contribution >= 0.6 is 23.2 Å². The predicted octanol–water partition coefficient (Wildman–Crippen LogP) is 3.82. The lowest BCUT2D eigenvalue weighted by Crippen LogP contribution is -2.32. The molecule has 0 atom stereocenters. The van der Waals surface area contributed by atoms with Crippen LogP contribution in [0.15, 0.2) is 12.3 Å². The van der Waals surface area contributed by atoms with Gasteiger partial charge in [-0.05, 0) is 30.9 Å². The number of pyridine rings is 1. The zero-order valence-corrected chi connectivity index (χ0v) is 11.3. The highest BCUT2D eigenvalue weighted by molar-refractivity contribution is 6.34. The molecule has 0 unspecified atom stereocenters. The van der Waals surface area contributed by atoms with Gasteiger partial charge in [0.25, 0.3) is 0 Å². The minimum absolute atomic E-state index is 0.313. The molecule has 1 aromatic heterocycles. The SMILES string of the molecule is CCC(CC)(Cc1cnc(Cl)cc1Cl)C(=O)O. The summed E-state index contributed by atoms with van der Waals surface area (Å²) < 4.78 is 0.